The van der Waals surface area contributed by atoms with Crippen LogP contribution < -0.4 is 9.47 Å². The Kier molecular flexibility index (Phi) is 2.68. The van der Waals surface area contributed by atoms with Gasteiger partial charge in [0.25, 0.3) is 0 Å². The van der Waals surface area contributed by atoms with Crippen LogP contribution in [-0.4, -0.2) is 24.3 Å². The van der Waals surface area contributed by atoms with E-state index in [0.29, 0.717) is 12.4 Å². The smallest absolute Gasteiger partial charge is 0.310 e. The first-order valence-corrected chi connectivity index (χ1v) is 4.92. The lowest BCUT2D eigenvalue weighted by Crippen LogP contribution is -2.18. The highest BCUT2D eigenvalue weighted by Gasteiger charge is 2.24. The third kappa shape index (κ3) is 1.68. The van der Waals surface area contributed by atoms with E-state index >= 15 is 0 Å². The van der Waals surface area contributed by atoms with E-state index in [1.165, 1.54) is 19.1 Å². The second-order valence-electron chi connectivity index (χ2n) is 3.55. The average molecular weight is 226 g/mol. The summed E-state index contributed by atoms with van der Waals surface area (Å²) < 4.78 is 24.2. The van der Waals surface area contributed by atoms with E-state index in [4.69, 9.17) is 14.6 Å². The van der Waals surface area contributed by atoms with Crippen molar-refractivity contribution >= 4 is 5.97 Å². The van der Waals surface area contributed by atoms with Gasteiger partial charge in [-0.2, -0.15) is 0 Å². The van der Waals surface area contributed by atoms with Crippen LogP contribution in [0.5, 0.6) is 11.5 Å². The average Bonchev–Trinajstić information content (AvgIpc) is 2.29. The van der Waals surface area contributed by atoms with Crippen molar-refractivity contribution in [1.82, 2.24) is 0 Å². The highest BCUT2D eigenvalue weighted by Crippen LogP contribution is 2.36. The predicted molar refractivity (Wildman–Crippen MR) is 53.4 cm³/mol. The molecule has 1 unspecified atom stereocenters. The number of hydrogen-bond acceptors (Lipinski definition) is 3. The molecule has 1 N–H and O–H groups in total. The maximum Gasteiger partial charge on any atom is 0.310 e. The van der Waals surface area contributed by atoms with Crippen LogP contribution in [0.4, 0.5) is 4.39 Å². The number of aliphatic carboxylic acids is 1. The zero-order valence-electron chi connectivity index (χ0n) is 8.70. The van der Waals surface area contributed by atoms with E-state index in [1.807, 2.05) is 0 Å². The van der Waals surface area contributed by atoms with Gasteiger partial charge in [0.05, 0.1) is 5.92 Å². The van der Waals surface area contributed by atoms with Crippen LogP contribution in [0.1, 0.15) is 18.4 Å². The molecule has 0 amide bonds. The number of benzene rings is 1. The molecular formula is C11H11FO4. The first-order chi connectivity index (χ1) is 7.61. The number of carboxylic acid groups (broad SMARTS) is 1. The molecule has 1 aliphatic heterocycles. The number of carboxylic acids is 1. The van der Waals surface area contributed by atoms with Crippen molar-refractivity contribution in [2.75, 3.05) is 13.2 Å². The maximum absolute atomic E-state index is 13.9. The fraction of sp³-hybridized carbons (Fsp3) is 0.364. The molecule has 86 valence electrons. The van der Waals surface area contributed by atoms with E-state index in [1.54, 1.807) is 0 Å². The molecule has 0 saturated carbocycles. The standard InChI is InChI=1S/C11H11FO4/c1-6(11(13)14)7-2-3-8-10(9(7)12)16-5-4-15-8/h2-3,6H,4-5H2,1H3,(H,13,14). The van der Waals surface area contributed by atoms with Crippen molar-refractivity contribution in [3.05, 3.63) is 23.5 Å². The van der Waals surface area contributed by atoms with Gasteiger partial charge >= 0.3 is 5.97 Å². The number of hydrogen-bond donors (Lipinski definition) is 1. The lowest BCUT2D eigenvalue weighted by Gasteiger charge is -2.20. The van der Waals surface area contributed by atoms with Crippen LogP contribution in [0.3, 0.4) is 0 Å². The van der Waals surface area contributed by atoms with E-state index < -0.39 is 17.7 Å². The molecule has 0 aromatic heterocycles. The van der Waals surface area contributed by atoms with Gasteiger partial charge in [0.15, 0.2) is 17.3 Å². The number of fused-ring (bicyclic) bond motifs is 1. The molecule has 1 aliphatic rings. The normalized spacial score (nSPS) is 15.6. The SMILES string of the molecule is CC(C(=O)O)c1ccc2c(c1F)OCCO2. The third-order valence-electron chi connectivity index (χ3n) is 2.52. The summed E-state index contributed by atoms with van der Waals surface area (Å²) in [5, 5.41) is 8.83. The van der Waals surface area contributed by atoms with Gasteiger partial charge in [-0.1, -0.05) is 6.07 Å². The molecule has 0 spiro atoms. The van der Waals surface area contributed by atoms with Gasteiger partial charge in [0.1, 0.15) is 13.2 Å². The van der Waals surface area contributed by atoms with Crippen LogP contribution >= 0.6 is 0 Å². The molecule has 0 fully saturated rings. The van der Waals surface area contributed by atoms with Gasteiger partial charge in [-0.25, -0.2) is 4.39 Å². The van der Waals surface area contributed by atoms with Crippen LogP contribution in [0.2, 0.25) is 0 Å². The molecule has 1 heterocycles. The summed E-state index contributed by atoms with van der Waals surface area (Å²) in [5.74, 6) is -2.29. The molecule has 0 radical (unpaired) electrons. The van der Waals surface area contributed by atoms with Gasteiger partial charge in [0.2, 0.25) is 0 Å². The monoisotopic (exact) mass is 226 g/mol. The molecule has 1 atom stereocenters. The van der Waals surface area contributed by atoms with Gasteiger partial charge in [-0.3, -0.25) is 4.79 Å². The Morgan fingerprint density at radius 2 is 2.12 bits per heavy atom. The second-order valence-corrected chi connectivity index (χ2v) is 3.55. The molecule has 4 nitrogen and oxygen atoms in total. The zero-order chi connectivity index (χ0) is 11.7. The summed E-state index contributed by atoms with van der Waals surface area (Å²) in [4.78, 5) is 10.8. The molecule has 2 rings (SSSR count). The number of carbonyl (C=O) groups is 1. The minimum atomic E-state index is -1.07. The zero-order valence-corrected chi connectivity index (χ0v) is 8.70. The molecule has 0 bridgehead atoms. The highest BCUT2D eigenvalue weighted by molar-refractivity contribution is 5.76. The summed E-state index contributed by atoms with van der Waals surface area (Å²) in [7, 11) is 0. The number of rotatable bonds is 2. The summed E-state index contributed by atoms with van der Waals surface area (Å²) in [6.07, 6.45) is 0. The number of halogens is 1. The predicted octanol–water partition coefficient (Wildman–Crippen LogP) is 1.78. The molecule has 0 saturated heterocycles. The molecule has 5 heteroatoms. The first kappa shape index (κ1) is 10.7. The van der Waals surface area contributed by atoms with E-state index in [2.05, 4.69) is 0 Å². The Balaban J connectivity index is 2.45. The number of ether oxygens (including phenoxy) is 2. The van der Waals surface area contributed by atoms with Crippen LogP contribution in [0.25, 0.3) is 0 Å². The fourth-order valence-electron chi connectivity index (χ4n) is 1.56. The van der Waals surface area contributed by atoms with Gasteiger partial charge in [0, 0.05) is 5.56 Å². The first-order valence-electron chi connectivity index (χ1n) is 4.92. The Hall–Kier alpha value is -1.78. The summed E-state index contributed by atoms with van der Waals surface area (Å²) >= 11 is 0. The fourth-order valence-corrected chi connectivity index (χ4v) is 1.56. The van der Waals surface area contributed by atoms with E-state index in [0.717, 1.165) is 0 Å². The van der Waals surface area contributed by atoms with Gasteiger partial charge in [-0.15, -0.1) is 0 Å². The minimum absolute atomic E-state index is 0.0110. The maximum atomic E-state index is 13.9. The van der Waals surface area contributed by atoms with Crippen molar-refractivity contribution in [3.8, 4) is 11.5 Å². The van der Waals surface area contributed by atoms with Gasteiger partial charge < -0.3 is 14.6 Å². The van der Waals surface area contributed by atoms with Crippen molar-refractivity contribution < 1.29 is 23.8 Å². The Morgan fingerprint density at radius 1 is 1.44 bits per heavy atom. The van der Waals surface area contributed by atoms with E-state index in [-0.39, 0.29) is 17.9 Å². The van der Waals surface area contributed by atoms with E-state index in [9.17, 15) is 9.18 Å². The topological polar surface area (TPSA) is 55.8 Å². The minimum Gasteiger partial charge on any atom is -0.486 e. The molecule has 16 heavy (non-hydrogen) atoms. The summed E-state index contributed by atoms with van der Waals surface area (Å²) in [5.41, 5.74) is 0.108. The lowest BCUT2D eigenvalue weighted by atomic mass is 10.00. The quantitative estimate of drug-likeness (QED) is 0.835. The Morgan fingerprint density at radius 3 is 2.81 bits per heavy atom. The van der Waals surface area contributed by atoms with Crippen molar-refractivity contribution in [3.63, 3.8) is 0 Å². The van der Waals surface area contributed by atoms with Gasteiger partial charge in [-0.05, 0) is 13.0 Å². The highest BCUT2D eigenvalue weighted by atomic mass is 19.1. The molecule has 1 aromatic rings. The lowest BCUT2D eigenvalue weighted by molar-refractivity contribution is -0.138. The Bertz CT molecular complexity index is 430. The molecule has 0 aliphatic carbocycles. The van der Waals surface area contributed by atoms with Crippen molar-refractivity contribution in [1.29, 1.82) is 0 Å². The summed E-state index contributed by atoms with van der Waals surface area (Å²) in [6.45, 7) is 2.08. The van der Waals surface area contributed by atoms with Crippen LogP contribution in [0, 0.1) is 5.82 Å². The van der Waals surface area contributed by atoms with Crippen LogP contribution in [-0.2, 0) is 4.79 Å². The molecular weight excluding hydrogens is 215 g/mol. The van der Waals surface area contributed by atoms with Crippen molar-refractivity contribution in [2.24, 2.45) is 0 Å². The largest absolute Gasteiger partial charge is 0.486 e. The summed E-state index contributed by atoms with van der Waals surface area (Å²) in [6, 6.07) is 2.95. The van der Waals surface area contributed by atoms with Crippen LogP contribution in [0.15, 0.2) is 12.1 Å². The Labute approximate surface area is 91.6 Å². The van der Waals surface area contributed by atoms with Crippen molar-refractivity contribution in [2.45, 2.75) is 12.8 Å². The second kappa shape index (κ2) is 4.00. The third-order valence-corrected chi connectivity index (χ3v) is 2.52. The molecule has 1 aromatic carbocycles.